The summed E-state index contributed by atoms with van der Waals surface area (Å²) >= 11 is 9.44. The summed E-state index contributed by atoms with van der Waals surface area (Å²) in [6.45, 7) is 5.44. The summed E-state index contributed by atoms with van der Waals surface area (Å²) in [6, 6.07) is 4.09. The van der Waals surface area contributed by atoms with Crippen LogP contribution in [-0.4, -0.2) is 6.54 Å². The zero-order chi connectivity index (χ0) is 9.64. The number of anilines is 1. The number of fused-ring (bicyclic) bond motifs is 1. The molecule has 0 bridgehead atoms. The Labute approximate surface area is 91.6 Å². The van der Waals surface area contributed by atoms with Crippen molar-refractivity contribution in [1.29, 1.82) is 0 Å². The first-order valence-electron chi connectivity index (χ1n) is 4.24. The number of rotatable bonds is 0. The molecule has 0 fully saturated rings. The lowest BCUT2D eigenvalue weighted by Gasteiger charge is -2.17. The summed E-state index contributed by atoms with van der Waals surface area (Å²) in [4.78, 5) is 0. The predicted molar refractivity (Wildman–Crippen MR) is 60.7 cm³/mol. The molecule has 1 nitrogen and oxygen atoms in total. The van der Waals surface area contributed by atoms with Crippen molar-refractivity contribution < 1.29 is 0 Å². The minimum Gasteiger partial charge on any atom is -0.384 e. The van der Waals surface area contributed by atoms with Crippen molar-refractivity contribution in [1.82, 2.24) is 0 Å². The van der Waals surface area contributed by atoms with Crippen molar-refractivity contribution in [3.05, 3.63) is 27.2 Å². The first-order valence-corrected chi connectivity index (χ1v) is 5.41. The van der Waals surface area contributed by atoms with Gasteiger partial charge in [-0.05, 0) is 33.6 Å². The van der Waals surface area contributed by atoms with Crippen molar-refractivity contribution in [2.24, 2.45) is 0 Å². The Morgan fingerprint density at radius 3 is 2.85 bits per heavy atom. The van der Waals surface area contributed by atoms with Crippen LogP contribution in [0.3, 0.4) is 0 Å². The SMILES string of the molecule is CC1(C)CNc2cc(Cl)c(Br)cc21. The van der Waals surface area contributed by atoms with Gasteiger partial charge in [0.25, 0.3) is 0 Å². The molecule has 0 spiro atoms. The molecule has 0 atom stereocenters. The summed E-state index contributed by atoms with van der Waals surface area (Å²) < 4.78 is 0.977. The Kier molecular flexibility index (Phi) is 2.08. The van der Waals surface area contributed by atoms with Gasteiger partial charge in [0.1, 0.15) is 0 Å². The lowest BCUT2D eigenvalue weighted by Crippen LogP contribution is -2.18. The van der Waals surface area contributed by atoms with Crippen molar-refractivity contribution in [3.63, 3.8) is 0 Å². The maximum absolute atomic E-state index is 6.00. The highest BCUT2D eigenvalue weighted by atomic mass is 79.9. The van der Waals surface area contributed by atoms with Gasteiger partial charge in [0.05, 0.1) is 5.02 Å². The standard InChI is InChI=1S/C10H11BrClN/c1-10(2)5-13-9-4-8(12)7(11)3-6(9)10/h3-4,13H,5H2,1-2H3. The number of hydrogen-bond donors (Lipinski definition) is 1. The third-order valence-electron chi connectivity index (χ3n) is 2.51. The van der Waals surface area contributed by atoms with E-state index in [1.54, 1.807) is 0 Å². The molecule has 0 saturated heterocycles. The van der Waals surface area contributed by atoms with Crippen LogP contribution in [0.1, 0.15) is 19.4 Å². The van der Waals surface area contributed by atoms with Crippen molar-refractivity contribution >= 4 is 33.2 Å². The third kappa shape index (κ3) is 1.46. The van der Waals surface area contributed by atoms with Gasteiger partial charge in [-0.25, -0.2) is 0 Å². The summed E-state index contributed by atoms with van der Waals surface area (Å²) in [5.74, 6) is 0. The first kappa shape index (κ1) is 9.35. The van der Waals surface area contributed by atoms with Crippen LogP contribution in [-0.2, 0) is 5.41 Å². The highest BCUT2D eigenvalue weighted by molar-refractivity contribution is 9.10. The minimum absolute atomic E-state index is 0.211. The molecule has 0 unspecified atom stereocenters. The van der Waals surface area contributed by atoms with Crippen LogP contribution in [0.4, 0.5) is 5.69 Å². The summed E-state index contributed by atoms with van der Waals surface area (Å²) in [7, 11) is 0. The molecule has 1 heterocycles. The quantitative estimate of drug-likeness (QED) is 0.748. The molecule has 1 aliphatic heterocycles. The molecular formula is C10H11BrClN. The zero-order valence-corrected chi connectivity index (χ0v) is 9.96. The molecule has 1 aromatic rings. The van der Waals surface area contributed by atoms with Crippen LogP contribution in [0.15, 0.2) is 16.6 Å². The molecule has 0 amide bonds. The molecule has 0 radical (unpaired) electrons. The van der Waals surface area contributed by atoms with Crippen molar-refractivity contribution in [2.75, 3.05) is 11.9 Å². The third-order valence-corrected chi connectivity index (χ3v) is 3.71. The van der Waals surface area contributed by atoms with Gasteiger partial charge in [-0.1, -0.05) is 25.4 Å². The zero-order valence-electron chi connectivity index (χ0n) is 7.62. The van der Waals surface area contributed by atoms with Crippen LogP contribution in [0.2, 0.25) is 5.02 Å². The van der Waals surface area contributed by atoms with Crippen molar-refractivity contribution in [2.45, 2.75) is 19.3 Å². The molecule has 1 aliphatic rings. The van der Waals surface area contributed by atoms with Crippen LogP contribution < -0.4 is 5.32 Å². The number of hydrogen-bond acceptors (Lipinski definition) is 1. The lowest BCUT2D eigenvalue weighted by molar-refractivity contribution is 0.586. The topological polar surface area (TPSA) is 12.0 Å². The van der Waals surface area contributed by atoms with E-state index in [1.807, 2.05) is 6.07 Å². The van der Waals surface area contributed by atoms with Crippen LogP contribution in [0.25, 0.3) is 0 Å². The van der Waals surface area contributed by atoms with Crippen LogP contribution >= 0.6 is 27.5 Å². The average molecular weight is 261 g/mol. The van der Waals surface area contributed by atoms with E-state index in [2.05, 4.69) is 41.2 Å². The van der Waals surface area contributed by atoms with Gasteiger partial charge < -0.3 is 5.32 Å². The maximum Gasteiger partial charge on any atom is 0.0568 e. The Morgan fingerprint density at radius 1 is 1.46 bits per heavy atom. The monoisotopic (exact) mass is 259 g/mol. The predicted octanol–water partition coefficient (Wildman–Crippen LogP) is 3.81. The van der Waals surface area contributed by atoms with E-state index in [0.29, 0.717) is 0 Å². The summed E-state index contributed by atoms with van der Waals surface area (Å²) in [5.41, 5.74) is 2.71. The Balaban J connectivity index is 2.61. The van der Waals surface area contributed by atoms with Crippen LogP contribution in [0, 0.1) is 0 Å². The fourth-order valence-electron chi connectivity index (χ4n) is 1.66. The van der Waals surface area contributed by atoms with Crippen molar-refractivity contribution in [3.8, 4) is 0 Å². The van der Waals surface area contributed by atoms with Gasteiger partial charge in [0.15, 0.2) is 0 Å². The molecule has 1 aromatic carbocycles. The molecule has 0 saturated carbocycles. The maximum atomic E-state index is 6.00. The molecule has 2 rings (SSSR count). The summed E-state index contributed by atoms with van der Waals surface area (Å²) in [5, 5.41) is 4.12. The number of nitrogens with one attached hydrogen (secondary N) is 1. The van der Waals surface area contributed by atoms with E-state index in [1.165, 1.54) is 11.3 Å². The Morgan fingerprint density at radius 2 is 2.15 bits per heavy atom. The molecule has 0 aliphatic carbocycles. The second kappa shape index (κ2) is 2.89. The molecule has 3 heteroatoms. The largest absolute Gasteiger partial charge is 0.384 e. The summed E-state index contributed by atoms with van der Waals surface area (Å²) in [6.07, 6.45) is 0. The highest BCUT2D eigenvalue weighted by Gasteiger charge is 2.30. The van der Waals surface area contributed by atoms with Gasteiger partial charge in [0.2, 0.25) is 0 Å². The van der Waals surface area contributed by atoms with Crippen LogP contribution in [0.5, 0.6) is 0 Å². The van der Waals surface area contributed by atoms with Gasteiger partial charge in [-0.2, -0.15) is 0 Å². The molecule has 0 aromatic heterocycles. The molecular weight excluding hydrogens is 249 g/mol. The molecule has 13 heavy (non-hydrogen) atoms. The van der Waals surface area contributed by atoms with E-state index in [9.17, 15) is 0 Å². The van der Waals surface area contributed by atoms with Gasteiger partial charge in [-0.3, -0.25) is 0 Å². The second-order valence-electron chi connectivity index (χ2n) is 4.05. The lowest BCUT2D eigenvalue weighted by atomic mass is 9.87. The smallest absolute Gasteiger partial charge is 0.0568 e. The highest BCUT2D eigenvalue weighted by Crippen LogP contribution is 2.40. The van der Waals surface area contributed by atoms with E-state index in [-0.39, 0.29) is 5.41 Å². The molecule has 70 valence electrons. The normalized spacial score (nSPS) is 18.2. The van der Waals surface area contributed by atoms with Gasteiger partial charge in [0, 0.05) is 22.1 Å². The minimum atomic E-state index is 0.211. The van der Waals surface area contributed by atoms with Gasteiger partial charge in [-0.15, -0.1) is 0 Å². The Bertz CT molecular complexity index is 360. The van der Waals surface area contributed by atoms with E-state index in [4.69, 9.17) is 11.6 Å². The fraction of sp³-hybridized carbons (Fsp3) is 0.400. The van der Waals surface area contributed by atoms with Gasteiger partial charge >= 0.3 is 0 Å². The second-order valence-corrected chi connectivity index (χ2v) is 5.31. The van der Waals surface area contributed by atoms with E-state index in [0.717, 1.165) is 16.0 Å². The van der Waals surface area contributed by atoms with E-state index < -0.39 is 0 Å². The molecule has 1 N–H and O–H groups in total. The van der Waals surface area contributed by atoms with E-state index >= 15 is 0 Å². The first-order chi connectivity index (χ1) is 6.00. The average Bonchev–Trinajstić information content (AvgIpc) is 2.31. The Hall–Kier alpha value is -0.210. The number of halogens is 2. The number of benzene rings is 1. The fourth-order valence-corrected chi connectivity index (χ4v) is 2.17.